The maximum absolute atomic E-state index is 12.8. The van der Waals surface area contributed by atoms with Gasteiger partial charge in [-0.25, -0.2) is 4.79 Å². The van der Waals surface area contributed by atoms with E-state index in [0.717, 1.165) is 17.7 Å². The Morgan fingerprint density at radius 2 is 1.94 bits per heavy atom. The van der Waals surface area contributed by atoms with Crippen molar-refractivity contribution >= 4 is 41.2 Å². The summed E-state index contributed by atoms with van der Waals surface area (Å²) in [5.41, 5.74) is 0.258. The van der Waals surface area contributed by atoms with Gasteiger partial charge in [-0.1, -0.05) is 12.8 Å². The Morgan fingerprint density at radius 3 is 2.61 bits per heavy atom. The van der Waals surface area contributed by atoms with Gasteiger partial charge in [-0.05, 0) is 37.1 Å². The van der Waals surface area contributed by atoms with Crippen molar-refractivity contribution in [1.82, 2.24) is 15.1 Å². The average Bonchev–Trinajstić information content (AvgIpc) is 3.49. The van der Waals surface area contributed by atoms with Gasteiger partial charge in [-0.2, -0.15) is 5.26 Å². The molecule has 0 aromatic heterocycles. The fourth-order valence-corrected chi connectivity index (χ4v) is 5.49. The van der Waals surface area contributed by atoms with Crippen molar-refractivity contribution in [2.75, 3.05) is 23.5 Å². The molecule has 2 saturated heterocycles. The molecule has 1 saturated carbocycles. The lowest BCUT2D eigenvalue weighted by Crippen LogP contribution is -2.46. The third-order valence-corrected chi connectivity index (χ3v) is 7.05. The Balaban J connectivity index is 1.34. The summed E-state index contributed by atoms with van der Waals surface area (Å²) in [5, 5.41) is 14.5. The zero-order valence-corrected chi connectivity index (χ0v) is 17.7. The molecule has 10 heteroatoms. The van der Waals surface area contributed by atoms with E-state index in [0.29, 0.717) is 35.7 Å². The number of benzene rings is 1. The van der Waals surface area contributed by atoms with E-state index in [1.54, 1.807) is 24.3 Å². The van der Waals surface area contributed by atoms with E-state index in [1.165, 1.54) is 16.7 Å². The van der Waals surface area contributed by atoms with E-state index in [1.807, 2.05) is 6.07 Å². The van der Waals surface area contributed by atoms with Gasteiger partial charge in [0.2, 0.25) is 11.8 Å². The minimum absolute atomic E-state index is 0.0103. The molecule has 2 heterocycles. The molecule has 0 bridgehead atoms. The molecule has 5 amide bonds. The van der Waals surface area contributed by atoms with Crippen LogP contribution in [0.1, 0.15) is 37.7 Å². The molecule has 1 atom stereocenters. The number of nitrogens with zero attached hydrogens (tertiary/aromatic N) is 3. The van der Waals surface area contributed by atoms with Gasteiger partial charge >= 0.3 is 6.03 Å². The first kappa shape index (κ1) is 21.2. The van der Waals surface area contributed by atoms with Crippen molar-refractivity contribution in [1.29, 1.82) is 5.26 Å². The number of hydrogen-bond acceptors (Lipinski definition) is 6. The molecular weight excluding hydrogens is 418 g/mol. The minimum atomic E-state index is -0.785. The van der Waals surface area contributed by atoms with Crippen LogP contribution in [0, 0.1) is 11.3 Å². The summed E-state index contributed by atoms with van der Waals surface area (Å²) in [4.78, 5) is 53.1. The molecule has 1 spiro atoms. The molecule has 1 aromatic carbocycles. The zero-order valence-electron chi connectivity index (χ0n) is 16.9. The predicted octanol–water partition coefficient (Wildman–Crippen LogP) is 1.65. The summed E-state index contributed by atoms with van der Waals surface area (Å²) in [6.07, 6.45) is 3.07. The number of anilines is 1. The first-order valence-corrected chi connectivity index (χ1v) is 11.4. The van der Waals surface area contributed by atoms with Crippen LogP contribution in [0.2, 0.25) is 0 Å². The van der Waals surface area contributed by atoms with Gasteiger partial charge < -0.3 is 15.5 Å². The van der Waals surface area contributed by atoms with Crippen molar-refractivity contribution in [3.8, 4) is 6.07 Å². The third-order valence-electron chi connectivity index (χ3n) is 6.04. The Morgan fingerprint density at radius 1 is 1.23 bits per heavy atom. The average molecular weight is 442 g/mol. The molecule has 1 aromatic rings. The molecule has 31 heavy (non-hydrogen) atoms. The number of imide groups is 1. The number of nitrogens with one attached hydrogen (secondary N) is 2. The Hall–Kier alpha value is -3.06. The standard InChI is InChI=1S/C21H23N5O4S/c22-11-14-3-5-15(6-4-14)23-18(28)16-12-31-13-26(16)17(27)7-10-25-19(29)21(24-20(25)30)8-1-2-9-21/h3-6,16H,1-2,7-10,12-13H2,(H,23,28)(H,24,30). The van der Waals surface area contributed by atoms with Crippen molar-refractivity contribution < 1.29 is 19.2 Å². The van der Waals surface area contributed by atoms with Crippen LogP contribution in [0.15, 0.2) is 24.3 Å². The van der Waals surface area contributed by atoms with Gasteiger partial charge in [0.1, 0.15) is 11.6 Å². The predicted molar refractivity (Wildman–Crippen MR) is 114 cm³/mol. The van der Waals surface area contributed by atoms with E-state index in [4.69, 9.17) is 5.26 Å². The molecule has 3 fully saturated rings. The van der Waals surface area contributed by atoms with Crippen LogP contribution >= 0.6 is 11.8 Å². The first-order chi connectivity index (χ1) is 14.9. The summed E-state index contributed by atoms with van der Waals surface area (Å²) < 4.78 is 0. The van der Waals surface area contributed by atoms with Gasteiger partial charge in [0.05, 0.1) is 17.5 Å². The fourth-order valence-electron chi connectivity index (χ4n) is 4.31. The SMILES string of the molecule is N#Cc1ccc(NC(=O)C2CSCN2C(=O)CCN2C(=O)NC3(CCCC3)C2=O)cc1. The monoisotopic (exact) mass is 441 g/mol. The highest BCUT2D eigenvalue weighted by molar-refractivity contribution is 7.99. The summed E-state index contributed by atoms with van der Waals surface area (Å²) >= 11 is 1.48. The lowest BCUT2D eigenvalue weighted by Gasteiger charge is -2.24. The summed E-state index contributed by atoms with van der Waals surface area (Å²) in [7, 11) is 0. The molecule has 1 unspecified atom stereocenters. The number of nitriles is 1. The highest BCUT2D eigenvalue weighted by atomic mass is 32.2. The van der Waals surface area contributed by atoms with Crippen LogP contribution in [0.4, 0.5) is 10.5 Å². The maximum atomic E-state index is 12.8. The van der Waals surface area contributed by atoms with Crippen molar-refractivity contribution in [2.45, 2.75) is 43.7 Å². The number of carbonyl (C=O) groups excluding carboxylic acids is 4. The molecule has 2 N–H and O–H groups in total. The highest BCUT2D eigenvalue weighted by Crippen LogP contribution is 2.35. The van der Waals surface area contributed by atoms with E-state index >= 15 is 0 Å². The molecule has 1 aliphatic carbocycles. The van der Waals surface area contributed by atoms with Crippen LogP contribution in [0.3, 0.4) is 0 Å². The van der Waals surface area contributed by atoms with E-state index < -0.39 is 17.6 Å². The number of amides is 5. The van der Waals surface area contributed by atoms with Crippen LogP contribution < -0.4 is 10.6 Å². The number of hydrogen-bond donors (Lipinski definition) is 2. The summed E-state index contributed by atoms with van der Waals surface area (Å²) in [6.45, 7) is 0.0103. The molecule has 0 radical (unpaired) electrons. The zero-order chi connectivity index (χ0) is 22.0. The van der Waals surface area contributed by atoms with Gasteiger partial charge in [0, 0.05) is 24.4 Å². The van der Waals surface area contributed by atoms with Crippen molar-refractivity contribution in [3.05, 3.63) is 29.8 Å². The molecule has 4 rings (SSSR count). The Bertz CT molecular complexity index is 952. The van der Waals surface area contributed by atoms with E-state index in [-0.39, 0.29) is 30.7 Å². The third kappa shape index (κ3) is 4.10. The second kappa shape index (κ2) is 8.59. The van der Waals surface area contributed by atoms with Gasteiger partial charge in [0.15, 0.2) is 0 Å². The number of thioether (sulfide) groups is 1. The van der Waals surface area contributed by atoms with Crippen molar-refractivity contribution in [2.24, 2.45) is 0 Å². The molecular formula is C21H23N5O4S. The Labute approximate surface area is 184 Å². The number of rotatable bonds is 5. The van der Waals surface area contributed by atoms with Gasteiger partial charge in [0.25, 0.3) is 5.91 Å². The normalized spacial score (nSPS) is 22.0. The second-order valence-corrected chi connectivity index (χ2v) is 8.98. The molecule has 9 nitrogen and oxygen atoms in total. The van der Waals surface area contributed by atoms with Crippen LogP contribution in [-0.2, 0) is 14.4 Å². The molecule has 3 aliphatic rings. The number of carbonyl (C=O) groups is 4. The van der Waals surface area contributed by atoms with Crippen molar-refractivity contribution in [3.63, 3.8) is 0 Å². The molecule has 162 valence electrons. The summed E-state index contributed by atoms with van der Waals surface area (Å²) in [6, 6.07) is 7.45. The van der Waals surface area contributed by atoms with E-state index in [9.17, 15) is 19.2 Å². The number of urea groups is 1. The summed E-state index contributed by atoms with van der Waals surface area (Å²) in [5.74, 6) is 0.0451. The van der Waals surface area contributed by atoms with Gasteiger partial charge in [-0.3, -0.25) is 19.3 Å². The lowest BCUT2D eigenvalue weighted by molar-refractivity contribution is -0.137. The largest absolute Gasteiger partial charge is 0.325 e. The fraction of sp³-hybridized carbons (Fsp3) is 0.476. The highest BCUT2D eigenvalue weighted by Gasteiger charge is 2.52. The second-order valence-electron chi connectivity index (χ2n) is 7.98. The van der Waals surface area contributed by atoms with Gasteiger partial charge in [-0.15, -0.1) is 11.8 Å². The van der Waals surface area contributed by atoms with Crippen LogP contribution in [0.25, 0.3) is 0 Å². The lowest BCUT2D eigenvalue weighted by atomic mass is 9.98. The molecule has 2 aliphatic heterocycles. The van der Waals surface area contributed by atoms with Crippen LogP contribution in [-0.4, -0.2) is 63.3 Å². The maximum Gasteiger partial charge on any atom is 0.325 e. The Kier molecular flexibility index (Phi) is 5.87. The first-order valence-electron chi connectivity index (χ1n) is 10.3. The van der Waals surface area contributed by atoms with E-state index in [2.05, 4.69) is 10.6 Å². The quantitative estimate of drug-likeness (QED) is 0.670. The van der Waals surface area contributed by atoms with Crippen LogP contribution in [0.5, 0.6) is 0 Å². The topological polar surface area (TPSA) is 123 Å². The smallest absolute Gasteiger partial charge is 0.324 e. The minimum Gasteiger partial charge on any atom is -0.324 e.